The van der Waals surface area contributed by atoms with Crippen LogP contribution in [-0.2, 0) is 33.2 Å². The molecule has 0 aliphatic carbocycles. The van der Waals surface area contributed by atoms with E-state index >= 15 is 0 Å². The van der Waals surface area contributed by atoms with Crippen molar-refractivity contribution in [2.75, 3.05) is 41.0 Å². The van der Waals surface area contributed by atoms with E-state index in [9.17, 15) is 14.7 Å². The van der Waals surface area contributed by atoms with E-state index in [1.165, 1.54) is 6.08 Å². The summed E-state index contributed by atoms with van der Waals surface area (Å²) in [7, 11) is 5.63. The molecule has 0 aromatic heterocycles. The molecule has 0 radical (unpaired) electrons. The van der Waals surface area contributed by atoms with Gasteiger partial charge in [-0.1, -0.05) is 33.4 Å². The lowest BCUT2D eigenvalue weighted by atomic mass is 9.80. The zero-order valence-corrected chi connectivity index (χ0v) is 26.5. The van der Waals surface area contributed by atoms with E-state index in [0.29, 0.717) is 24.2 Å². The number of alkyl carbamates (subject to hydrolysis) is 1. The monoisotopic (exact) mass is 584 g/mol. The number of rotatable bonds is 14. The van der Waals surface area contributed by atoms with E-state index in [0.717, 1.165) is 0 Å². The van der Waals surface area contributed by atoms with Crippen molar-refractivity contribution in [1.82, 2.24) is 10.2 Å². The van der Waals surface area contributed by atoms with E-state index in [1.54, 1.807) is 27.9 Å². The summed E-state index contributed by atoms with van der Waals surface area (Å²) in [5.41, 5.74) is -0.525. The van der Waals surface area contributed by atoms with Gasteiger partial charge in [-0.25, -0.2) is 9.59 Å². The number of nitrogens with zero attached hydrogens (tertiary/aromatic N) is 1. The highest BCUT2D eigenvalue weighted by Crippen LogP contribution is 2.41. The molecule has 11 heteroatoms. The topological polar surface area (TPSA) is 125 Å². The number of esters is 1. The van der Waals surface area contributed by atoms with Crippen LogP contribution in [0.2, 0.25) is 0 Å². The van der Waals surface area contributed by atoms with Crippen LogP contribution >= 0.6 is 0 Å². The second kappa shape index (κ2) is 14.8. The predicted molar refractivity (Wildman–Crippen MR) is 154 cm³/mol. The summed E-state index contributed by atoms with van der Waals surface area (Å²) in [6, 6.07) is 0.0895. The van der Waals surface area contributed by atoms with E-state index in [1.807, 2.05) is 34.9 Å². The summed E-state index contributed by atoms with van der Waals surface area (Å²) in [4.78, 5) is 27.0. The Morgan fingerprint density at radius 1 is 1.32 bits per heavy atom. The Bertz CT molecular complexity index is 937. The van der Waals surface area contributed by atoms with Crippen LogP contribution in [0.1, 0.15) is 61.3 Å². The average molecular weight is 585 g/mol. The number of amides is 1. The third-order valence-corrected chi connectivity index (χ3v) is 7.99. The molecule has 41 heavy (non-hydrogen) atoms. The van der Waals surface area contributed by atoms with Gasteiger partial charge in [0.15, 0.2) is 6.29 Å². The predicted octanol–water partition coefficient (Wildman–Crippen LogP) is 3.61. The second-order valence-electron chi connectivity index (χ2n) is 12.3. The third-order valence-electron chi connectivity index (χ3n) is 7.99. The van der Waals surface area contributed by atoms with Crippen molar-refractivity contribution in [1.29, 1.82) is 0 Å². The first-order valence-electron chi connectivity index (χ1n) is 14.4. The van der Waals surface area contributed by atoms with Gasteiger partial charge < -0.3 is 43.7 Å². The van der Waals surface area contributed by atoms with Gasteiger partial charge in [0, 0.05) is 52.0 Å². The number of aliphatic hydroxyl groups excluding tert-OH is 1. The molecule has 0 aromatic rings. The number of carbonyl (C=O) groups excluding carboxylic acids is 2. The molecule has 2 N–H and O–H groups in total. The SMILES string of the molecule is C=CCOC(=O)NCC1CC(N(C)C)C(C)[C@H](O[C@H]([C@@H](C)C2=C(C)C(=O)OC(C)(C)O2)[C@@](C)(C[C@@H](C)CO)OC)O1. The molecule has 1 amide bonds. The van der Waals surface area contributed by atoms with Gasteiger partial charge in [0.1, 0.15) is 12.4 Å². The lowest BCUT2D eigenvalue weighted by molar-refractivity contribution is -0.286. The van der Waals surface area contributed by atoms with Crippen molar-refractivity contribution < 1.29 is 43.1 Å². The number of hydrogen-bond acceptors (Lipinski definition) is 10. The maximum atomic E-state index is 12.7. The van der Waals surface area contributed by atoms with Crippen molar-refractivity contribution in [3.05, 3.63) is 24.0 Å². The maximum Gasteiger partial charge on any atom is 0.407 e. The normalized spacial score (nSPS) is 28.1. The Morgan fingerprint density at radius 3 is 2.54 bits per heavy atom. The molecule has 2 aliphatic heterocycles. The van der Waals surface area contributed by atoms with E-state index in [4.69, 9.17) is 28.4 Å². The molecular weight excluding hydrogens is 532 g/mol. The first-order chi connectivity index (χ1) is 19.1. The molecule has 11 nitrogen and oxygen atoms in total. The van der Waals surface area contributed by atoms with Crippen molar-refractivity contribution in [3.63, 3.8) is 0 Å². The van der Waals surface area contributed by atoms with Gasteiger partial charge in [-0.15, -0.1) is 0 Å². The zero-order valence-electron chi connectivity index (χ0n) is 26.5. The molecule has 0 aromatic carbocycles. The highest BCUT2D eigenvalue weighted by molar-refractivity contribution is 5.89. The fourth-order valence-electron chi connectivity index (χ4n) is 5.73. The number of nitrogens with one attached hydrogen (secondary N) is 1. The van der Waals surface area contributed by atoms with E-state index < -0.39 is 41.8 Å². The molecule has 2 rings (SSSR count). The summed E-state index contributed by atoms with van der Waals surface area (Å²) in [5.74, 6) is -1.71. The van der Waals surface area contributed by atoms with Crippen molar-refractivity contribution in [3.8, 4) is 0 Å². The first-order valence-corrected chi connectivity index (χ1v) is 14.4. The van der Waals surface area contributed by atoms with Crippen LogP contribution in [0.3, 0.4) is 0 Å². The fraction of sp³-hybridized carbons (Fsp3) is 0.800. The summed E-state index contributed by atoms with van der Waals surface area (Å²) in [5, 5.41) is 12.7. The second-order valence-corrected chi connectivity index (χ2v) is 12.3. The number of cyclic esters (lactones) is 1. The molecule has 236 valence electrons. The maximum absolute atomic E-state index is 12.7. The average Bonchev–Trinajstić information content (AvgIpc) is 2.91. The van der Waals surface area contributed by atoms with Crippen molar-refractivity contribution >= 4 is 12.1 Å². The minimum Gasteiger partial charge on any atom is -0.456 e. The van der Waals surface area contributed by atoms with Crippen LogP contribution in [0.5, 0.6) is 0 Å². The number of aliphatic hydroxyl groups is 1. The van der Waals surface area contributed by atoms with Gasteiger partial charge in [0.2, 0.25) is 5.79 Å². The number of hydrogen-bond donors (Lipinski definition) is 2. The fourth-order valence-corrected chi connectivity index (χ4v) is 5.73. The van der Waals surface area contributed by atoms with Gasteiger partial charge >= 0.3 is 12.1 Å². The standard InChI is InChI=1S/C30H52N2O9/c1-12-13-37-28(35)31-16-22-14-23(32(9)10)19(3)27(38-22)39-25(30(8,36-11)15-18(2)17-33)20(4)24-21(5)26(34)41-29(6,7)40-24/h12,18-20,22-23,25,27,33H,1,13-17H2,2-11H3,(H,31,35)/t18-,19?,20+,22?,23?,25-,27+,30-/m1/s1. The summed E-state index contributed by atoms with van der Waals surface area (Å²) in [6.07, 6.45) is 0.440. The largest absolute Gasteiger partial charge is 0.456 e. The highest BCUT2D eigenvalue weighted by atomic mass is 16.7. The third kappa shape index (κ3) is 9.15. The van der Waals surface area contributed by atoms with Gasteiger partial charge in [-0.2, -0.15) is 0 Å². The Kier molecular flexibility index (Phi) is 12.7. The Balaban J connectivity index is 2.46. The lowest BCUT2D eigenvalue weighted by Gasteiger charge is -2.48. The van der Waals surface area contributed by atoms with Gasteiger partial charge in [0.25, 0.3) is 0 Å². The smallest absolute Gasteiger partial charge is 0.407 e. The summed E-state index contributed by atoms with van der Waals surface area (Å²) in [6.45, 7) is 16.8. The summed E-state index contributed by atoms with van der Waals surface area (Å²) >= 11 is 0. The number of ether oxygens (including phenoxy) is 6. The minimum absolute atomic E-state index is 0.0215. The molecule has 1 saturated heterocycles. The van der Waals surface area contributed by atoms with Crippen LogP contribution in [0.4, 0.5) is 4.79 Å². The van der Waals surface area contributed by atoms with Crippen LogP contribution in [0.15, 0.2) is 24.0 Å². The molecule has 0 saturated carbocycles. The van der Waals surface area contributed by atoms with Crippen molar-refractivity contribution in [2.24, 2.45) is 17.8 Å². The van der Waals surface area contributed by atoms with Crippen LogP contribution in [-0.4, -0.2) is 99.0 Å². The molecule has 2 aliphatic rings. The Morgan fingerprint density at radius 2 is 1.98 bits per heavy atom. The highest BCUT2D eigenvalue weighted by Gasteiger charge is 2.49. The minimum atomic E-state index is -1.14. The first kappa shape index (κ1) is 35.0. The Labute approximate surface area is 245 Å². The summed E-state index contributed by atoms with van der Waals surface area (Å²) < 4.78 is 36.1. The quantitative estimate of drug-likeness (QED) is 0.231. The van der Waals surface area contributed by atoms with Crippen LogP contribution in [0, 0.1) is 17.8 Å². The van der Waals surface area contributed by atoms with E-state index in [-0.39, 0.29) is 43.7 Å². The van der Waals surface area contributed by atoms with Gasteiger partial charge in [-0.3, -0.25) is 0 Å². The van der Waals surface area contributed by atoms with Crippen LogP contribution in [0.25, 0.3) is 0 Å². The molecule has 0 bridgehead atoms. The molecule has 1 fully saturated rings. The molecule has 2 heterocycles. The van der Waals surface area contributed by atoms with Gasteiger partial charge in [-0.05, 0) is 46.7 Å². The van der Waals surface area contributed by atoms with Crippen LogP contribution < -0.4 is 5.32 Å². The molecular formula is C30H52N2O9. The Hall–Kier alpha value is -2.18. The molecule has 3 unspecified atom stereocenters. The number of carbonyl (C=O) groups is 2. The number of methoxy groups -OCH3 is 1. The van der Waals surface area contributed by atoms with Crippen molar-refractivity contribution in [2.45, 2.75) is 97.2 Å². The lowest BCUT2D eigenvalue weighted by Crippen LogP contribution is -2.57. The molecule has 8 atom stereocenters. The van der Waals surface area contributed by atoms with Gasteiger partial charge in [0.05, 0.1) is 23.4 Å². The molecule has 0 spiro atoms. The van der Waals surface area contributed by atoms with E-state index in [2.05, 4.69) is 23.7 Å². The zero-order chi connectivity index (χ0) is 31.1.